The van der Waals surface area contributed by atoms with E-state index < -0.39 is 0 Å². The number of aryl methyl sites for hydroxylation is 1. The van der Waals surface area contributed by atoms with Crippen molar-refractivity contribution in [2.75, 3.05) is 13.7 Å². The molecule has 3 aromatic rings. The molecule has 0 unspecified atom stereocenters. The van der Waals surface area contributed by atoms with E-state index in [0.29, 0.717) is 18.7 Å². The van der Waals surface area contributed by atoms with Crippen molar-refractivity contribution in [3.05, 3.63) is 52.6 Å². The summed E-state index contributed by atoms with van der Waals surface area (Å²) in [5, 5.41) is 9.43. The minimum atomic E-state index is -0.158. The minimum absolute atomic E-state index is 0.158. The molecule has 0 aliphatic carbocycles. The number of hydrogen-bond acceptors (Lipinski definition) is 4. The summed E-state index contributed by atoms with van der Waals surface area (Å²) in [5.41, 5.74) is 2.02. The smallest absolute Gasteiger partial charge is 0.293 e. The zero-order valence-electron chi connectivity index (χ0n) is 12.0. The van der Waals surface area contributed by atoms with Crippen LogP contribution in [0.2, 0.25) is 0 Å². The molecule has 1 aromatic carbocycles. The Hall–Kier alpha value is -2.47. The second kappa shape index (κ2) is 5.49. The lowest BCUT2D eigenvalue weighted by Gasteiger charge is -2.08. The molecule has 6 heteroatoms. The maximum absolute atomic E-state index is 12.6. The van der Waals surface area contributed by atoms with E-state index in [1.165, 1.54) is 4.68 Å². The topological polar surface area (TPSA) is 61.9 Å². The van der Waals surface area contributed by atoms with Crippen LogP contribution in [0.15, 0.2) is 41.3 Å². The van der Waals surface area contributed by atoms with Crippen molar-refractivity contribution < 1.29 is 4.74 Å². The molecule has 2 heterocycles. The van der Waals surface area contributed by atoms with Gasteiger partial charge in [0.15, 0.2) is 0 Å². The predicted molar refractivity (Wildman–Crippen MR) is 79.7 cm³/mol. The summed E-state index contributed by atoms with van der Waals surface area (Å²) < 4.78 is 8.12. The number of methoxy groups -OCH3 is 1. The summed E-state index contributed by atoms with van der Waals surface area (Å²) in [6.07, 6.45) is 1.69. The normalized spacial score (nSPS) is 11.1. The summed E-state index contributed by atoms with van der Waals surface area (Å²) in [6.45, 7) is 2.74. The first kappa shape index (κ1) is 13.5. The molecule has 0 bridgehead atoms. The highest BCUT2D eigenvalue weighted by molar-refractivity contribution is 5.81. The summed E-state index contributed by atoms with van der Waals surface area (Å²) >= 11 is 0. The number of fused-ring (bicyclic) bond motifs is 1. The third-order valence-corrected chi connectivity index (χ3v) is 3.37. The quantitative estimate of drug-likeness (QED) is 0.729. The number of para-hydroxylation sites is 1. The Labute approximate surface area is 121 Å². The molecular formula is C15H16N4O2. The van der Waals surface area contributed by atoms with E-state index in [9.17, 15) is 4.79 Å². The van der Waals surface area contributed by atoms with Gasteiger partial charge in [0.2, 0.25) is 0 Å². The molecule has 0 aliphatic rings. The second-order valence-corrected chi connectivity index (χ2v) is 4.76. The molecule has 0 amide bonds. The van der Waals surface area contributed by atoms with Crippen LogP contribution in [-0.2, 0) is 11.3 Å². The van der Waals surface area contributed by atoms with Crippen molar-refractivity contribution in [2.45, 2.75) is 13.5 Å². The van der Waals surface area contributed by atoms with E-state index in [-0.39, 0.29) is 5.56 Å². The molecule has 0 atom stereocenters. The maximum atomic E-state index is 12.6. The molecule has 21 heavy (non-hydrogen) atoms. The van der Waals surface area contributed by atoms with Gasteiger partial charge >= 0.3 is 0 Å². The van der Waals surface area contributed by atoms with Gasteiger partial charge in [0.25, 0.3) is 5.56 Å². The van der Waals surface area contributed by atoms with Gasteiger partial charge in [-0.05, 0) is 19.1 Å². The fourth-order valence-corrected chi connectivity index (χ4v) is 2.32. The summed E-state index contributed by atoms with van der Waals surface area (Å²) in [4.78, 5) is 12.6. The van der Waals surface area contributed by atoms with Crippen molar-refractivity contribution in [1.29, 1.82) is 0 Å². The molecule has 0 saturated heterocycles. The number of nitrogens with zero attached hydrogens (tertiary/aromatic N) is 4. The van der Waals surface area contributed by atoms with Crippen LogP contribution in [-0.4, -0.2) is 33.3 Å². The van der Waals surface area contributed by atoms with Crippen molar-refractivity contribution >= 4 is 10.9 Å². The maximum Gasteiger partial charge on any atom is 0.293 e. The Kier molecular flexibility index (Phi) is 3.53. The monoisotopic (exact) mass is 284 g/mol. The lowest BCUT2D eigenvalue weighted by atomic mass is 10.2. The van der Waals surface area contributed by atoms with E-state index in [1.54, 1.807) is 18.0 Å². The summed E-state index contributed by atoms with van der Waals surface area (Å²) in [7, 11) is 1.60. The van der Waals surface area contributed by atoms with Crippen molar-refractivity contribution in [2.24, 2.45) is 0 Å². The SMILES string of the molecule is COCCn1nc(C)c2cnn(-c3ccccc3)c2c1=O. The van der Waals surface area contributed by atoms with Crippen LogP contribution in [0.4, 0.5) is 0 Å². The lowest BCUT2D eigenvalue weighted by molar-refractivity contribution is 0.182. The Morgan fingerprint density at radius 1 is 1.24 bits per heavy atom. The number of benzene rings is 1. The van der Waals surface area contributed by atoms with Crippen LogP contribution >= 0.6 is 0 Å². The van der Waals surface area contributed by atoms with Crippen LogP contribution < -0.4 is 5.56 Å². The Morgan fingerprint density at radius 3 is 2.71 bits per heavy atom. The van der Waals surface area contributed by atoms with Crippen LogP contribution in [0.5, 0.6) is 0 Å². The average molecular weight is 284 g/mol. The van der Waals surface area contributed by atoms with Gasteiger partial charge < -0.3 is 4.74 Å². The van der Waals surface area contributed by atoms with E-state index in [4.69, 9.17) is 4.74 Å². The standard InChI is InChI=1S/C15H16N4O2/c1-11-13-10-16-19(12-6-4-3-5-7-12)14(13)15(20)18(17-11)8-9-21-2/h3-7,10H,8-9H2,1-2H3. The number of aromatic nitrogens is 4. The first-order valence-electron chi connectivity index (χ1n) is 6.72. The second-order valence-electron chi connectivity index (χ2n) is 4.76. The highest BCUT2D eigenvalue weighted by Gasteiger charge is 2.14. The van der Waals surface area contributed by atoms with Crippen molar-refractivity contribution in [3.8, 4) is 5.69 Å². The molecule has 2 aromatic heterocycles. The van der Waals surface area contributed by atoms with Gasteiger partial charge in [-0.2, -0.15) is 10.2 Å². The third kappa shape index (κ3) is 2.34. The molecule has 0 fully saturated rings. The average Bonchev–Trinajstić information content (AvgIpc) is 2.96. The van der Waals surface area contributed by atoms with Gasteiger partial charge in [0.05, 0.1) is 30.7 Å². The Morgan fingerprint density at radius 2 is 2.00 bits per heavy atom. The minimum Gasteiger partial charge on any atom is -0.383 e. The van der Waals surface area contributed by atoms with Crippen LogP contribution in [0, 0.1) is 6.92 Å². The number of rotatable bonds is 4. The molecule has 0 spiro atoms. The summed E-state index contributed by atoms with van der Waals surface area (Å²) in [5.74, 6) is 0. The molecule has 3 rings (SSSR count). The van der Waals surface area contributed by atoms with Gasteiger partial charge in [-0.1, -0.05) is 18.2 Å². The van der Waals surface area contributed by atoms with Gasteiger partial charge in [-0.25, -0.2) is 9.36 Å². The van der Waals surface area contributed by atoms with Gasteiger partial charge in [-0.3, -0.25) is 4.79 Å². The highest BCUT2D eigenvalue weighted by atomic mass is 16.5. The van der Waals surface area contributed by atoms with E-state index in [2.05, 4.69) is 10.2 Å². The molecule has 0 N–H and O–H groups in total. The molecule has 0 radical (unpaired) electrons. The van der Waals surface area contributed by atoms with Gasteiger partial charge in [-0.15, -0.1) is 0 Å². The van der Waals surface area contributed by atoms with Crippen LogP contribution in [0.1, 0.15) is 5.69 Å². The van der Waals surface area contributed by atoms with E-state index >= 15 is 0 Å². The first-order valence-corrected chi connectivity index (χ1v) is 6.72. The van der Waals surface area contributed by atoms with Crippen LogP contribution in [0.25, 0.3) is 16.6 Å². The van der Waals surface area contributed by atoms with Crippen molar-refractivity contribution in [3.63, 3.8) is 0 Å². The fourth-order valence-electron chi connectivity index (χ4n) is 2.32. The number of hydrogen-bond donors (Lipinski definition) is 0. The predicted octanol–water partition coefficient (Wildman–Crippen LogP) is 1.54. The third-order valence-electron chi connectivity index (χ3n) is 3.37. The Balaban J connectivity index is 2.24. The van der Waals surface area contributed by atoms with Crippen molar-refractivity contribution in [1.82, 2.24) is 19.6 Å². The largest absolute Gasteiger partial charge is 0.383 e. The molecule has 6 nitrogen and oxygen atoms in total. The molecule has 0 aliphatic heterocycles. The van der Waals surface area contributed by atoms with E-state index in [0.717, 1.165) is 16.8 Å². The molecule has 0 saturated carbocycles. The summed E-state index contributed by atoms with van der Waals surface area (Å²) in [6, 6.07) is 9.60. The van der Waals surface area contributed by atoms with Gasteiger partial charge in [0, 0.05) is 12.5 Å². The fraction of sp³-hybridized carbons (Fsp3) is 0.267. The Bertz CT molecular complexity index is 821. The highest BCUT2D eigenvalue weighted by Crippen LogP contribution is 2.16. The molecular weight excluding hydrogens is 268 g/mol. The first-order chi connectivity index (χ1) is 10.2. The van der Waals surface area contributed by atoms with E-state index in [1.807, 2.05) is 37.3 Å². The lowest BCUT2D eigenvalue weighted by Crippen LogP contribution is -2.27. The zero-order valence-corrected chi connectivity index (χ0v) is 12.0. The van der Waals surface area contributed by atoms with Crippen LogP contribution in [0.3, 0.4) is 0 Å². The molecule has 108 valence electrons. The zero-order chi connectivity index (χ0) is 14.8. The number of ether oxygens (including phenoxy) is 1. The van der Waals surface area contributed by atoms with Gasteiger partial charge in [0.1, 0.15) is 5.52 Å².